The standard InChI is InChI=1S/C46H54N2O11/c1-28-21-32(33(24-49)42(39(28)53-7)58-26-31-19-15-12-16-20-31)22-34(47(6)45(52)59-46(3,4)5)44(51)48-23-36(50)38-37(35(48)27-57-25-30-17-13-11-14-18-30)43(56-10)41(55-9)29(2)40(38)54-8/h11-21,24,34-35H,22-23,25-27H2,1-10H3/t34-,35-/m0/s1. The Labute approximate surface area is 346 Å². The van der Waals surface area contributed by atoms with Crippen molar-refractivity contribution < 1.29 is 52.3 Å². The van der Waals surface area contributed by atoms with Crippen LogP contribution in [0.3, 0.4) is 0 Å². The first-order valence-corrected chi connectivity index (χ1v) is 19.2. The first-order valence-electron chi connectivity index (χ1n) is 19.2. The maximum atomic E-state index is 15.4. The minimum absolute atomic E-state index is 0.0752. The van der Waals surface area contributed by atoms with Crippen molar-refractivity contribution in [2.24, 2.45) is 0 Å². The number of amides is 2. The van der Waals surface area contributed by atoms with E-state index in [4.69, 9.17) is 33.2 Å². The number of hydrogen-bond donors (Lipinski definition) is 0. The number of Topliss-reactive ketones (excluding diaryl/α,β-unsaturated/α-hetero) is 1. The van der Waals surface area contributed by atoms with Crippen LogP contribution >= 0.6 is 0 Å². The Morgan fingerprint density at radius 1 is 0.831 bits per heavy atom. The number of carbonyl (C=O) groups is 4. The number of likely N-dealkylation sites (N-methyl/N-ethyl adjacent to an activating group) is 1. The molecule has 0 radical (unpaired) electrons. The summed E-state index contributed by atoms with van der Waals surface area (Å²) in [5, 5.41) is 0. The van der Waals surface area contributed by atoms with E-state index in [0.717, 1.165) is 11.1 Å². The largest absolute Gasteiger partial charge is 0.496 e. The number of benzene rings is 4. The molecule has 13 heteroatoms. The van der Waals surface area contributed by atoms with Crippen molar-refractivity contribution in [3.63, 3.8) is 0 Å². The average molecular weight is 811 g/mol. The molecule has 5 rings (SSSR count). The Morgan fingerprint density at radius 2 is 1.41 bits per heavy atom. The van der Waals surface area contributed by atoms with E-state index in [-0.39, 0.29) is 61.2 Å². The zero-order chi connectivity index (χ0) is 43.0. The van der Waals surface area contributed by atoms with E-state index in [1.807, 2.05) is 60.7 Å². The molecule has 2 atom stereocenters. The smallest absolute Gasteiger partial charge is 0.410 e. The second-order valence-corrected chi connectivity index (χ2v) is 15.3. The predicted octanol–water partition coefficient (Wildman–Crippen LogP) is 7.49. The number of methoxy groups -OCH3 is 4. The summed E-state index contributed by atoms with van der Waals surface area (Å²) in [4.78, 5) is 59.3. The van der Waals surface area contributed by atoms with Crippen LogP contribution < -0.4 is 23.7 Å². The number of aryl methyl sites for hydroxylation is 1. The zero-order valence-electron chi connectivity index (χ0n) is 35.5. The van der Waals surface area contributed by atoms with Crippen LogP contribution in [-0.4, -0.2) is 94.2 Å². The molecule has 2 amide bonds. The van der Waals surface area contributed by atoms with Crippen LogP contribution in [-0.2, 0) is 33.9 Å². The van der Waals surface area contributed by atoms with E-state index in [9.17, 15) is 14.4 Å². The summed E-state index contributed by atoms with van der Waals surface area (Å²) in [5.41, 5.74) is 3.17. The van der Waals surface area contributed by atoms with Gasteiger partial charge in [-0.2, -0.15) is 0 Å². The van der Waals surface area contributed by atoms with E-state index in [2.05, 4.69) is 0 Å². The van der Waals surface area contributed by atoms with Crippen molar-refractivity contribution in [1.82, 2.24) is 9.80 Å². The van der Waals surface area contributed by atoms with Gasteiger partial charge in [-0.1, -0.05) is 66.7 Å². The van der Waals surface area contributed by atoms with Gasteiger partial charge >= 0.3 is 6.09 Å². The van der Waals surface area contributed by atoms with Crippen LogP contribution in [0.4, 0.5) is 4.79 Å². The second kappa shape index (κ2) is 19.1. The molecule has 0 saturated carbocycles. The number of aldehydes is 1. The van der Waals surface area contributed by atoms with Gasteiger partial charge in [-0.15, -0.1) is 0 Å². The lowest BCUT2D eigenvalue weighted by atomic mass is 9.86. The van der Waals surface area contributed by atoms with E-state index in [1.54, 1.807) is 40.7 Å². The molecule has 0 bridgehead atoms. The minimum atomic E-state index is -1.30. The van der Waals surface area contributed by atoms with Gasteiger partial charge in [0.15, 0.2) is 35.1 Å². The summed E-state index contributed by atoms with van der Waals surface area (Å²) >= 11 is 0. The fraction of sp³-hybridized carbons (Fsp3) is 0.391. The van der Waals surface area contributed by atoms with Crippen molar-refractivity contribution in [2.75, 3.05) is 48.6 Å². The number of fused-ring (bicyclic) bond motifs is 1. The molecule has 4 aromatic rings. The molecule has 0 saturated heterocycles. The molecule has 314 valence electrons. The Balaban J connectivity index is 1.66. The summed E-state index contributed by atoms with van der Waals surface area (Å²) in [7, 11) is 7.35. The third-order valence-electron chi connectivity index (χ3n) is 10.2. The van der Waals surface area contributed by atoms with Gasteiger partial charge in [0.05, 0.1) is 65.4 Å². The van der Waals surface area contributed by atoms with Crippen molar-refractivity contribution in [1.29, 1.82) is 0 Å². The number of ether oxygens (including phenoxy) is 7. The highest BCUT2D eigenvalue weighted by molar-refractivity contribution is 6.07. The maximum Gasteiger partial charge on any atom is 0.410 e. The highest BCUT2D eigenvalue weighted by atomic mass is 16.6. The molecule has 0 unspecified atom stereocenters. The summed E-state index contributed by atoms with van der Waals surface area (Å²) in [6, 6.07) is 18.5. The molecule has 13 nitrogen and oxygen atoms in total. The van der Waals surface area contributed by atoms with Crippen LogP contribution in [0.2, 0.25) is 0 Å². The van der Waals surface area contributed by atoms with E-state index >= 15 is 4.79 Å². The predicted molar refractivity (Wildman–Crippen MR) is 221 cm³/mol. The molecule has 0 N–H and O–H groups in total. The lowest BCUT2D eigenvalue weighted by Crippen LogP contribution is -2.55. The van der Waals surface area contributed by atoms with Gasteiger partial charge in [-0.3, -0.25) is 19.3 Å². The van der Waals surface area contributed by atoms with Crippen LogP contribution in [0.25, 0.3) is 0 Å². The third-order valence-corrected chi connectivity index (χ3v) is 10.2. The molecule has 0 spiro atoms. The molecule has 4 aromatic carbocycles. The van der Waals surface area contributed by atoms with Crippen LogP contribution in [0, 0.1) is 13.8 Å². The Bertz CT molecular complexity index is 2150. The summed E-state index contributed by atoms with van der Waals surface area (Å²) in [5.74, 6) is 0.383. The fourth-order valence-electron chi connectivity index (χ4n) is 7.41. The third kappa shape index (κ3) is 9.63. The van der Waals surface area contributed by atoms with Gasteiger partial charge in [-0.25, -0.2) is 4.79 Å². The fourth-order valence-corrected chi connectivity index (χ4v) is 7.41. The molecule has 1 aliphatic rings. The molecule has 0 aliphatic carbocycles. The summed E-state index contributed by atoms with van der Waals surface area (Å²) in [6.07, 6.45) is -0.298. The van der Waals surface area contributed by atoms with Crippen LogP contribution in [0.15, 0.2) is 66.7 Å². The Kier molecular flexibility index (Phi) is 14.3. The SMILES string of the molecule is COc1c(C)cc(C[C@@H](C(=O)N2CC(=O)c3c(OC)c(C)c(OC)c(OC)c3[C@@H]2COCc2ccccc2)N(C)C(=O)OC(C)(C)C)c(C=O)c1OCc1ccccc1. The van der Waals surface area contributed by atoms with E-state index < -0.39 is 35.5 Å². The number of hydrogen-bond acceptors (Lipinski definition) is 11. The van der Waals surface area contributed by atoms with Crippen molar-refractivity contribution in [2.45, 2.75) is 71.9 Å². The quantitative estimate of drug-likeness (QED) is 0.104. The molecule has 0 fully saturated rings. The monoisotopic (exact) mass is 810 g/mol. The highest BCUT2D eigenvalue weighted by Crippen LogP contribution is 2.50. The first-order chi connectivity index (χ1) is 28.2. The van der Waals surface area contributed by atoms with Gasteiger partial charge in [0.25, 0.3) is 0 Å². The zero-order valence-corrected chi connectivity index (χ0v) is 35.5. The Morgan fingerprint density at radius 3 is 1.95 bits per heavy atom. The van der Waals surface area contributed by atoms with Crippen LogP contribution in [0.5, 0.6) is 28.7 Å². The van der Waals surface area contributed by atoms with E-state index in [1.165, 1.54) is 45.3 Å². The van der Waals surface area contributed by atoms with Crippen LogP contribution in [0.1, 0.15) is 80.9 Å². The van der Waals surface area contributed by atoms with Gasteiger partial charge in [-0.05, 0) is 56.9 Å². The number of ketones is 1. The highest BCUT2D eigenvalue weighted by Gasteiger charge is 2.45. The number of carbonyl (C=O) groups excluding carboxylic acids is 4. The normalized spacial score (nSPS) is 14.2. The van der Waals surface area contributed by atoms with Gasteiger partial charge in [0.2, 0.25) is 5.91 Å². The summed E-state index contributed by atoms with van der Waals surface area (Å²) < 4.78 is 41.6. The number of rotatable bonds is 16. The molecule has 0 aromatic heterocycles. The average Bonchev–Trinajstić information content (AvgIpc) is 3.21. The van der Waals surface area contributed by atoms with Crippen molar-refractivity contribution >= 4 is 24.1 Å². The van der Waals surface area contributed by atoms with Gasteiger partial charge in [0, 0.05) is 24.6 Å². The van der Waals surface area contributed by atoms with E-state index in [0.29, 0.717) is 40.0 Å². The molecule has 1 aliphatic heterocycles. The van der Waals surface area contributed by atoms with Gasteiger partial charge in [0.1, 0.15) is 24.0 Å². The van der Waals surface area contributed by atoms with Crippen molar-refractivity contribution in [3.05, 3.63) is 111 Å². The van der Waals surface area contributed by atoms with Gasteiger partial charge < -0.3 is 38.1 Å². The van der Waals surface area contributed by atoms with Crippen molar-refractivity contribution in [3.8, 4) is 28.7 Å². The minimum Gasteiger partial charge on any atom is -0.496 e. The topological polar surface area (TPSA) is 139 Å². The lowest BCUT2D eigenvalue weighted by Gasteiger charge is -2.41. The number of nitrogens with zero attached hydrogens (tertiary/aromatic N) is 2. The molecule has 1 heterocycles. The Hall–Kier alpha value is -6.08. The second-order valence-electron chi connectivity index (χ2n) is 15.3. The first kappa shape index (κ1) is 44.0. The lowest BCUT2D eigenvalue weighted by molar-refractivity contribution is -0.140. The summed E-state index contributed by atoms with van der Waals surface area (Å²) in [6.45, 7) is 8.60. The molecular formula is C46H54N2O11. The molecule has 59 heavy (non-hydrogen) atoms. The maximum absolute atomic E-state index is 15.4. The molecular weight excluding hydrogens is 757 g/mol.